The van der Waals surface area contributed by atoms with E-state index in [0.717, 1.165) is 18.4 Å². The highest BCUT2D eigenvalue weighted by atomic mass is 19.1. The molecule has 2 nitrogen and oxygen atoms in total. The molecule has 84 valence electrons. The number of aromatic nitrogens is 1. The van der Waals surface area contributed by atoms with Crippen LogP contribution in [-0.4, -0.2) is 15.3 Å². The normalized spacial score (nSPS) is 17.9. The summed E-state index contributed by atoms with van der Waals surface area (Å²) in [4.78, 5) is 0. The maximum absolute atomic E-state index is 14.1. The molecule has 1 aliphatic rings. The summed E-state index contributed by atoms with van der Waals surface area (Å²) >= 11 is 0. The number of aliphatic hydroxyl groups is 1. The second-order valence-corrected chi connectivity index (χ2v) is 4.80. The van der Waals surface area contributed by atoms with Gasteiger partial charge < -0.3 is 9.67 Å². The van der Waals surface area contributed by atoms with Crippen molar-refractivity contribution in [3.63, 3.8) is 0 Å². The van der Waals surface area contributed by atoms with Crippen LogP contribution in [0.1, 0.15) is 18.4 Å². The van der Waals surface area contributed by atoms with Crippen LogP contribution in [0.2, 0.25) is 0 Å². The Morgan fingerprint density at radius 3 is 2.81 bits per heavy atom. The zero-order chi connectivity index (χ0) is 11.3. The second kappa shape index (κ2) is 3.08. The summed E-state index contributed by atoms with van der Waals surface area (Å²) in [5.41, 5.74) is 0.881. The van der Waals surface area contributed by atoms with Crippen molar-refractivity contribution in [1.82, 2.24) is 4.57 Å². The molecule has 0 amide bonds. The number of benzene rings is 1. The van der Waals surface area contributed by atoms with Gasteiger partial charge in [0.2, 0.25) is 0 Å². The van der Waals surface area contributed by atoms with Gasteiger partial charge in [0.15, 0.2) is 0 Å². The molecule has 1 aromatic carbocycles. The Labute approximate surface area is 93.3 Å². The van der Waals surface area contributed by atoms with Crippen molar-refractivity contribution in [3.05, 3.63) is 35.8 Å². The number of nitrogens with zero attached hydrogens (tertiary/aromatic N) is 1. The third kappa shape index (κ3) is 1.43. The molecule has 1 aliphatic carbocycles. The van der Waals surface area contributed by atoms with Gasteiger partial charge in [-0.15, -0.1) is 0 Å². The van der Waals surface area contributed by atoms with Crippen molar-refractivity contribution >= 4 is 10.9 Å². The predicted octanol–water partition coefficient (Wildman–Crippen LogP) is 2.38. The zero-order valence-corrected chi connectivity index (χ0v) is 9.20. The number of halogens is 1. The fraction of sp³-hybridized carbons (Fsp3) is 0.385. The fourth-order valence-corrected chi connectivity index (χ4v) is 2.17. The second-order valence-electron chi connectivity index (χ2n) is 4.80. The van der Waals surface area contributed by atoms with Gasteiger partial charge in [-0.25, -0.2) is 4.39 Å². The Morgan fingerprint density at radius 1 is 1.38 bits per heavy atom. The Bertz CT molecular complexity index is 554. The lowest BCUT2D eigenvalue weighted by molar-refractivity contribution is 0.150. The first kappa shape index (κ1) is 9.85. The van der Waals surface area contributed by atoms with Crippen LogP contribution in [0.25, 0.3) is 10.9 Å². The van der Waals surface area contributed by atoms with E-state index in [1.54, 1.807) is 12.1 Å². The molecular formula is C13H14FNO. The first-order valence-corrected chi connectivity index (χ1v) is 5.54. The monoisotopic (exact) mass is 219 g/mol. The van der Waals surface area contributed by atoms with E-state index in [4.69, 9.17) is 0 Å². The first-order valence-electron chi connectivity index (χ1n) is 5.54. The molecule has 0 radical (unpaired) electrons. The predicted molar refractivity (Wildman–Crippen MR) is 60.8 cm³/mol. The minimum Gasteiger partial charge on any atom is -0.390 e. The maximum Gasteiger partial charge on any atom is 0.135 e. The third-order valence-electron chi connectivity index (χ3n) is 3.43. The molecule has 1 N–H and O–H groups in total. The van der Waals surface area contributed by atoms with Gasteiger partial charge in [-0.1, -0.05) is 6.07 Å². The van der Waals surface area contributed by atoms with Crippen molar-refractivity contribution in [2.24, 2.45) is 7.05 Å². The number of rotatable bonds is 2. The van der Waals surface area contributed by atoms with Gasteiger partial charge in [0.1, 0.15) is 5.82 Å². The highest BCUT2D eigenvalue weighted by Crippen LogP contribution is 2.39. The quantitative estimate of drug-likeness (QED) is 0.824. The molecule has 0 saturated heterocycles. The summed E-state index contributed by atoms with van der Waals surface area (Å²) in [6.45, 7) is 0. The molecule has 16 heavy (non-hydrogen) atoms. The average molecular weight is 219 g/mol. The van der Waals surface area contributed by atoms with Crippen molar-refractivity contribution in [2.75, 3.05) is 0 Å². The van der Waals surface area contributed by atoms with E-state index in [1.807, 2.05) is 23.9 Å². The van der Waals surface area contributed by atoms with E-state index in [2.05, 4.69) is 0 Å². The summed E-state index contributed by atoms with van der Waals surface area (Å²) < 4.78 is 16.0. The smallest absolute Gasteiger partial charge is 0.135 e. The summed E-state index contributed by atoms with van der Waals surface area (Å²) in [5.74, 6) is -0.182. The van der Waals surface area contributed by atoms with Crippen LogP contribution in [0.15, 0.2) is 24.4 Å². The molecule has 3 heteroatoms. The molecule has 1 saturated carbocycles. The van der Waals surface area contributed by atoms with Crippen LogP contribution in [-0.2, 0) is 13.5 Å². The lowest BCUT2D eigenvalue weighted by Crippen LogP contribution is -2.12. The Balaban J connectivity index is 2.09. The average Bonchev–Trinajstić information content (AvgIpc) is 2.84. The van der Waals surface area contributed by atoms with Gasteiger partial charge in [0.05, 0.1) is 11.1 Å². The molecule has 0 unspecified atom stereocenters. The van der Waals surface area contributed by atoms with Crippen LogP contribution >= 0.6 is 0 Å². The van der Waals surface area contributed by atoms with Gasteiger partial charge in [-0.2, -0.15) is 0 Å². The largest absolute Gasteiger partial charge is 0.390 e. The third-order valence-corrected chi connectivity index (χ3v) is 3.43. The minimum atomic E-state index is -0.636. The molecule has 0 bridgehead atoms. The van der Waals surface area contributed by atoms with E-state index in [-0.39, 0.29) is 5.82 Å². The first-order chi connectivity index (χ1) is 7.59. The van der Waals surface area contributed by atoms with Crippen LogP contribution in [0.5, 0.6) is 0 Å². The molecule has 0 spiro atoms. The summed E-state index contributed by atoms with van der Waals surface area (Å²) in [5, 5.41) is 10.5. The molecule has 1 fully saturated rings. The van der Waals surface area contributed by atoms with Crippen molar-refractivity contribution in [2.45, 2.75) is 24.9 Å². The van der Waals surface area contributed by atoms with Gasteiger partial charge in [0, 0.05) is 25.1 Å². The van der Waals surface area contributed by atoms with Crippen LogP contribution < -0.4 is 0 Å². The Hall–Kier alpha value is -1.35. The number of hydrogen-bond donors (Lipinski definition) is 1. The minimum absolute atomic E-state index is 0.182. The van der Waals surface area contributed by atoms with Crippen molar-refractivity contribution in [3.8, 4) is 0 Å². The van der Waals surface area contributed by atoms with Crippen molar-refractivity contribution in [1.29, 1.82) is 0 Å². The van der Waals surface area contributed by atoms with Crippen molar-refractivity contribution < 1.29 is 9.50 Å². The molecule has 1 heterocycles. The summed E-state index contributed by atoms with van der Waals surface area (Å²) in [7, 11) is 1.90. The van der Waals surface area contributed by atoms with Gasteiger partial charge in [-0.05, 0) is 30.5 Å². The van der Waals surface area contributed by atoms with Gasteiger partial charge >= 0.3 is 0 Å². The van der Waals surface area contributed by atoms with E-state index < -0.39 is 5.60 Å². The number of hydrogen-bond acceptors (Lipinski definition) is 1. The molecule has 0 aliphatic heterocycles. The van der Waals surface area contributed by atoms with E-state index in [1.165, 1.54) is 0 Å². The van der Waals surface area contributed by atoms with Crippen LogP contribution in [0.4, 0.5) is 4.39 Å². The van der Waals surface area contributed by atoms with Crippen LogP contribution in [0, 0.1) is 5.82 Å². The lowest BCUT2D eigenvalue weighted by atomic mass is 10.0. The molecule has 3 rings (SSSR count). The van der Waals surface area contributed by atoms with Gasteiger partial charge in [0.25, 0.3) is 0 Å². The molecule has 0 atom stereocenters. The van der Waals surface area contributed by atoms with E-state index in [9.17, 15) is 9.50 Å². The highest BCUT2D eigenvalue weighted by molar-refractivity contribution is 5.81. The number of fused-ring (bicyclic) bond motifs is 1. The van der Waals surface area contributed by atoms with E-state index in [0.29, 0.717) is 17.4 Å². The lowest BCUT2D eigenvalue weighted by Gasteiger charge is -2.09. The summed E-state index contributed by atoms with van der Waals surface area (Å²) in [6.07, 6.45) is 3.87. The molecule has 2 aromatic rings. The van der Waals surface area contributed by atoms with Crippen LogP contribution in [0.3, 0.4) is 0 Å². The topological polar surface area (TPSA) is 25.2 Å². The molecule has 1 aromatic heterocycles. The maximum atomic E-state index is 14.1. The highest BCUT2D eigenvalue weighted by Gasteiger charge is 2.40. The SMILES string of the molecule is Cn1ccc2c(F)c(CC3(O)CC3)ccc21. The molecular weight excluding hydrogens is 205 g/mol. The summed E-state index contributed by atoms with van der Waals surface area (Å²) in [6, 6.07) is 5.48. The van der Waals surface area contributed by atoms with E-state index >= 15 is 0 Å². The van der Waals surface area contributed by atoms with Gasteiger partial charge in [-0.3, -0.25) is 0 Å². The Morgan fingerprint density at radius 2 is 2.12 bits per heavy atom. The zero-order valence-electron chi connectivity index (χ0n) is 9.20. The standard InChI is InChI=1S/C13H14FNO/c1-15-7-4-10-11(15)3-2-9(12(10)14)8-13(16)5-6-13/h2-4,7,16H,5-6,8H2,1H3. The fourth-order valence-electron chi connectivity index (χ4n) is 2.17. The Kier molecular flexibility index (Phi) is 1.89. The number of aryl methyl sites for hydroxylation is 1.